The maximum absolute atomic E-state index is 11.9. The van der Waals surface area contributed by atoms with Crippen LogP contribution in [0, 0.1) is 0 Å². The molecule has 1 aliphatic heterocycles. The van der Waals surface area contributed by atoms with Crippen LogP contribution in [0.5, 0.6) is 0 Å². The van der Waals surface area contributed by atoms with Gasteiger partial charge in [0.1, 0.15) is 6.10 Å². The Morgan fingerprint density at radius 2 is 2.17 bits per heavy atom. The van der Waals surface area contributed by atoms with E-state index in [1.807, 2.05) is 0 Å². The third kappa shape index (κ3) is 4.44. The molecule has 2 fully saturated rings. The van der Waals surface area contributed by atoms with Crippen LogP contribution in [0.1, 0.15) is 12.8 Å². The number of hydrogen-bond donors (Lipinski definition) is 2. The maximum Gasteiger partial charge on any atom is 0.253 e. The van der Waals surface area contributed by atoms with E-state index >= 15 is 0 Å². The maximum atomic E-state index is 11.9. The van der Waals surface area contributed by atoms with Crippen LogP contribution in [0.25, 0.3) is 0 Å². The lowest BCUT2D eigenvalue weighted by Gasteiger charge is -2.26. The Morgan fingerprint density at radius 3 is 2.72 bits per heavy atom. The number of carbonyl (C=O) groups excluding carboxylic acids is 2. The molecule has 0 aromatic rings. The Bertz CT molecular complexity index is 304. The number of nitrogens with zero attached hydrogens (tertiary/aromatic N) is 1. The summed E-state index contributed by atoms with van der Waals surface area (Å²) < 4.78 is 5.35. The minimum Gasteiger partial charge on any atom is -0.366 e. The molecule has 1 unspecified atom stereocenters. The molecule has 104 valence electrons. The second-order valence-electron chi connectivity index (χ2n) is 4.60. The Labute approximate surface area is 113 Å². The van der Waals surface area contributed by atoms with Crippen LogP contribution in [0.3, 0.4) is 0 Å². The average Bonchev–Trinajstić information content (AvgIpc) is 3.12. The number of carbonyl (C=O) groups is 2. The van der Waals surface area contributed by atoms with E-state index in [1.54, 1.807) is 7.05 Å². The number of morpholine rings is 1. The molecule has 18 heavy (non-hydrogen) atoms. The molecule has 0 aromatic carbocycles. The number of hydrogen-bond acceptors (Lipinski definition) is 4. The van der Waals surface area contributed by atoms with Gasteiger partial charge in [-0.15, -0.1) is 12.4 Å². The molecule has 2 rings (SSSR count). The third-order valence-electron chi connectivity index (χ3n) is 2.90. The first-order valence-electron chi connectivity index (χ1n) is 6.03. The fraction of sp³-hybridized carbons (Fsp3) is 0.818. The summed E-state index contributed by atoms with van der Waals surface area (Å²) in [4.78, 5) is 24.9. The Hall–Kier alpha value is -0.850. The van der Waals surface area contributed by atoms with E-state index in [-0.39, 0.29) is 30.8 Å². The SMILES string of the molecule is CN(CC(=O)NC1CC1)C(=O)C1CNCCO1.Cl. The number of amides is 2. The van der Waals surface area contributed by atoms with Crippen LogP contribution >= 0.6 is 12.4 Å². The van der Waals surface area contributed by atoms with Crippen LogP contribution in [0.2, 0.25) is 0 Å². The quantitative estimate of drug-likeness (QED) is 0.701. The molecule has 0 radical (unpaired) electrons. The number of nitrogens with one attached hydrogen (secondary N) is 2. The molecular weight excluding hydrogens is 258 g/mol. The van der Waals surface area contributed by atoms with E-state index in [4.69, 9.17) is 4.74 Å². The van der Waals surface area contributed by atoms with Crippen molar-refractivity contribution in [3.05, 3.63) is 0 Å². The third-order valence-corrected chi connectivity index (χ3v) is 2.90. The summed E-state index contributed by atoms with van der Waals surface area (Å²) in [7, 11) is 1.63. The van der Waals surface area contributed by atoms with Gasteiger partial charge >= 0.3 is 0 Å². The van der Waals surface area contributed by atoms with Crippen LogP contribution in [-0.4, -0.2) is 62.1 Å². The van der Waals surface area contributed by atoms with Crippen LogP contribution in [-0.2, 0) is 14.3 Å². The van der Waals surface area contributed by atoms with E-state index in [0.717, 1.165) is 19.4 Å². The van der Waals surface area contributed by atoms with Crippen molar-refractivity contribution in [1.82, 2.24) is 15.5 Å². The van der Waals surface area contributed by atoms with E-state index in [1.165, 1.54) is 4.90 Å². The van der Waals surface area contributed by atoms with Crippen molar-refractivity contribution in [3.63, 3.8) is 0 Å². The van der Waals surface area contributed by atoms with Crippen molar-refractivity contribution in [1.29, 1.82) is 0 Å². The molecular formula is C11H20ClN3O3. The predicted molar refractivity (Wildman–Crippen MR) is 68.7 cm³/mol. The van der Waals surface area contributed by atoms with Crippen molar-refractivity contribution in [2.24, 2.45) is 0 Å². The highest BCUT2D eigenvalue weighted by atomic mass is 35.5. The first kappa shape index (κ1) is 15.2. The van der Waals surface area contributed by atoms with Gasteiger partial charge in [0, 0.05) is 26.2 Å². The zero-order valence-electron chi connectivity index (χ0n) is 10.5. The topological polar surface area (TPSA) is 70.7 Å². The van der Waals surface area contributed by atoms with E-state index in [9.17, 15) is 9.59 Å². The Morgan fingerprint density at radius 1 is 1.44 bits per heavy atom. The Kier molecular flexibility index (Phi) is 5.84. The monoisotopic (exact) mass is 277 g/mol. The number of likely N-dealkylation sites (N-methyl/N-ethyl adjacent to an activating group) is 1. The minimum absolute atomic E-state index is 0. The largest absolute Gasteiger partial charge is 0.366 e. The van der Waals surface area contributed by atoms with Crippen molar-refractivity contribution in [3.8, 4) is 0 Å². The number of rotatable bonds is 4. The molecule has 1 atom stereocenters. The summed E-state index contributed by atoms with van der Waals surface area (Å²) in [5, 5.41) is 5.95. The van der Waals surface area contributed by atoms with Gasteiger partial charge in [0.05, 0.1) is 13.2 Å². The molecule has 1 saturated heterocycles. The first-order valence-corrected chi connectivity index (χ1v) is 6.03. The molecule has 0 spiro atoms. The Balaban J connectivity index is 0.00000162. The van der Waals surface area contributed by atoms with Gasteiger partial charge in [-0.05, 0) is 12.8 Å². The standard InChI is InChI=1S/C11H19N3O3.ClH/c1-14(7-10(15)13-8-2-3-8)11(16)9-6-12-4-5-17-9;/h8-9,12H,2-7H2,1H3,(H,13,15);1H. The van der Waals surface area contributed by atoms with Gasteiger partial charge in [-0.3, -0.25) is 9.59 Å². The minimum atomic E-state index is -0.456. The second kappa shape index (κ2) is 6.92. The number of ether oxygens (including phenoxy) is 1. The van der Waals surface area contributed by atoms with Crippen LogP contribution in [0.4, 0.5) is 0 Å². The van der Waals surface area contributed by atoms with Crippen molar-refractivity contribution >= 4 is 24.2 Å². The predicted octanol–water partition coefficient (Wildman–Crippen LogP) is -0.866. The normalized spacial score (nSPS) is 22.8. The molecule has 2 amide bonds. The van der Waals surface area contributed by atoms with Gasteiger partial charge in [-0.25, -0.2) is 0 Å². The van der Waals surface area contributed by atoms with Gasteiger partial charge < -0.3 is 20.3 Å². The highest BCUT2D eigenvalue weighted by Gasteiger charge is 2.28. The molecule has 0 aromatic heterocycles. The molecule has 1 saturated carbocycles. The average molecular weight is 278 g/mol. The molecule has 6 nitrogen and oxygen atoms in total. The van der Waals surface area contributed by atoms with Gasteiger partial charge in [-0.2, -0.15) is 0 Å². The van der Waals surface area contributed by atoms with Crippen molar-refractivity contribution < 1.29 is 14.3 Å². The lowest BCUT2D eigenvalue weighted by Crippen LogP contribution is -2.50. The summed E-state index contributed by atoms with van der Waals surface area (Å²) in [6.45, 7) is 1.94. The first-order chi connectivity index (χ1) is 8.16. The molecule has 2 aliphatic rings. The summed E-state index contributed by atoms with van der Waals surface area (Å²) >= 11 is 0. The second-order valence-corrected chi connectivity index (χ2v) is 4.60. The smallest absolute Gasteiger partial charge is 0.253 e. The van der Waals surface area contributed by atoms with Crippen molar-refractivity contribution in [2.45, 2.75) is 25.0 Å². The summed E-state index contributed by atoms with van der Waals surface area (Å²) in [6.07, 6.45) is 1.65. The van der Waals surface area contributed by atoms with E-state index in [2.05, 4.69) is 10.6 Å². The van der Waals surface area contributed by atoms with E-state index < -0.39 is 6.10 Å². The molecule has 1 aliphatic carbocycles. The van der Waals surface area contributed by atoms with Crippen LogP contribution < -0.4 is 10.6 Å². The lowest BCUT2D eigenvalue weighted by atomic mass is 10.2. The summed E-state index contributed by atoms with van der Waals surface area (Å²) in [5.41, 5.74) is 0. The summed E-state index contributed by atoms with van der Waals surface area (Å²) in [6, 6.07) is 0.332. The fourth-order valence-corrected chi connectivity index (χ4v) is 1.76. The molecule has 2 N–H and O–H groups in total. The highest BCUT2D eigenvalue weighted by molar-refractivity contribution is 5.87. The zero-order chi connectivity index (χ0) is 12.3. The molecule has 7 heteroatoms. The zero-order valence-corrected chi connectivity index (χ0v) is 11.3. The van der Waals surface area contributed by atoms with Gasteiger partial charge in [-0.1, -0.05) is 0 Å². The lowest BCUT2D eigenvalue weighted by molar-refractivity contribution is -0.146. The number of halogens is 1. The van der Waals surface area contributed by atoms with Gasteiger partial charge in [0.25, 0.3) is 5.91 Å². The van der Waals surface area contributed by atoms with Gasteiger partial charge in [0.2, 0.25) is 5.91 Å². The van der Waals surface area contributed by atoms with Crippen molar-refractivity contribution in [2.75, 3.05) is 33.3 Å². The highest BCUT2D eigenvalue weighted by Crippen LogP contribution is 2.18. The van der Waals surface area contributed by atoms with E-state index in [0.29, 0.717) is 19.2 Å². The van der Waals surface area contributed by atoms with Gasteiger partial charge in [0.15, 0.2) is 0 Å². The fourth-order valence-electron chi connectivity index (χ4n) is 1.76. The molecule has 0 bridgehead atoms. The summed E-state index contributed by atoms with van der Waals surface area (Å²) in [5.74, 6) is -0.227. The molecule has 1 heterocycles. The van der Waals surface area contributed by atoms with Crippen LogP contribution in [0.15, 0.2) is 0 Å².